The molecule has 3 atom stereocenters. The number of nitrogens with one attached hydrogen (secondary N) is 2. The summed E-state index contributed by atoms with van der Waals surface area (Å²) in [5.41, 5.74) is 1.49. The number of hydrogen-bond acceptors (Lipinski definition) is 7. The smallest absolute Gasteiger partial charge is 0.233 e. The van der Waals surface area contributed by atoms with Gasteiger partial charge in [0, 0.05) is 64.1 Å². The van der Waals surface area contributed by atoms with E-state index in [1.807, 2.05) is 30.1 Å². The normalized spacial score (nSPS) is 32.0. The van der Waals surface area contributed by atoms with Gasteiger partial charge in [0.1, 0.15) is 5.84 Å². The van der Waals surface area contributed by atoms with Crippen molar-refractivity contribution in [3.05, 3.63) is 46.5 Å². The molecule has 10 nitrogen and oxygen atoms in total. The molecule has 0 spiro atoms. The molecule has 0 aromatic heterocycles. The Balaban J connectivity index is 1.25. The third-order valence-corrected chi connectivity index (χ3v) is 10.7. The first kappa shape index (κ1) is 27.4. The maximum absolute atomic E-state index is 14.1. The zero-order chi connectivity index (χ0) is 27.9. The number of morpholine rings is 1. The standard InChI is InChI=1S/C29H40N6O4S/c1-28(31-23-10-19-40(38)25(23)26(32-28)30-22-8-9-24(36)33(2)20-22)35-13-11-29(12-14-35,21-6-4-3-5-7-21)27(37)34-15-17-39-18-16-34/h3-7,22,31H,8-20H2,1-2H3,(H,30,32)/t22-,28?,40?/m0/s1. The van der Waals surface area contributed by atoms with Crippen LogP contribution in [-0.2, 0) is 30.5 Å². The molecule has 0 radical (unpaired) electrons. The summed E-state index contributed by atoms with van der Waals surface area (Å²) in [6.45, 7) is 6.53. The molecule has 3 saturated heterocycles. The fourth-order valence-corrected chi connectivity index (χ4v) is 8.19. The second-order valence-corrected chi connectivity index (χ2v) is 13.2. The molecule has 5 aliphatic rings. The number of piperidine rings is 2. The molecular weight excluding hydrogens is 528 g/mol. The van der Waals surface area contributed by atoms with E-state index in [4.69, 9.17) is 9.73 Å². The molecule has 1 aromatic carbocycles. The van der Waals surface area contributed by atoms with E-state index in [9.17, 15) is 13.8 Å². The van der Waals surface area contributed by atoms with E-state index in [2.05, 4.69) is 34.6 Å². The van der Waals surface area contributed by atoms with Crippen molar-refractivity contribution in [3.8, 4) is 0 Å². The van der Waals surface area contributed by atoms with Crippen molar-refractivity contribution >= 4 is 28.4 Å². The maximum atomic E-state index is 14.1. The molecule has 2 N–H and O–H groups in total. The molecule has 2 unspecified atom stereocenters. The Morgan fingerprint density at radius 3 is 2.50 bits per heavy atom. The summed E-state index contributed by atoms with van der Waals surface area (Å²) in [6.07, 6.45) is 3.30. The van der Waals surface area contributed by atoms with Gasteiger partial charge in [0.15, 0.2) is 5.79 Å². The second-order valence-electron chi connectivity index (χ2n) is 11.7. The van der Waals surface area contributed by atoms with Crippen LogP contribution in [0.15, 0.2) is 45.9 Å². The van der Waals surface area contributed by atoms with Crippen LogP contribution in [0.1, 0.15) is 44.6 Å². The molecule has 11 heteroatoms. The summed E-state index contributed by atoms with van der Waals surface area (Å²) >= 11 is 0. The highest BCUT2D eigenvalue weighted by molar-refractivity contribution is 7.90. The average Bonchev–Trinajstić information content (AvgIpc) is 3.35. The van der Waals surface area contributed by atoms with Gasteiger partial charge in [-0.05, 0) is 31.7 Å². The Bertz CT molecular complexity index is 1240. The van der Waals surface area contributed by atoms with Gasteiger partial charge in [-0.25, -0.2) is 0 Å². The van der Waals surface area contributed by atoms with Crippen molar-refractivity contribution in [2.45, 2.75) is 56.3 Å². The summed E-state index contributed by atoms with van der Waals surface area (Å²) in [7, 11) is 0.708. The minimum absolute atomic E-state index is 0.0304. The van der Waals surface area contributed by atoms with Gasteiger partial charge in [-0.2, -0.15) is 0 Å². The van der Waals surface area contributed by atoms with Gasteiger partial charge >= 0.3 is 0 Å². The largest absolute Gasteiger partial charge is 0.378 e. The third-order valence-electron chi connectivity index (χ3n) is 9.21. The molecule has 2 amide bonds. The number of nitrogens with zero attached hydrogens (tertiary/aromatic N) is 4. The first-order valence-electron chi connectivity index (χ1n) is 14.5. The molecule has 6 rings (SSSR count). The number of benzene rings is 1. The number of allylic oxidation sites excluding steroid dienone is 1. The number of likely N-dealkylation sites (tertiary alicyclic amines) is 2. The van der Waals surface area contributed by atoms with Gasteiger partial charge in [-0.15, -0.1) is 0 Å². The van der Waals surface area contributed by atoms with Gasteiger partial charge in [0.05, 0.1) is 40.4 Å². The molecule has 3 fully saturated rings. The van der Waals surface area contributed by atoms with Crippen LogP contribution in [0.3, 0.4) is 0 Å². The number of rotatable bonds is 4. The van der Waals surface area contributed by atoms with Crippen LogP contribution in [0.4, 0.5) is 0 Å². The predicted octanol–water partition coefficient (Wildman–Crippen LogP) is 1.13. The lowest BCUT2D eigenvalue weighted by Crippen LogP contribution is -2.71. The van der Waals surface area contributed by atoms with Gasteiger partial charge in [0.2, 0.25) is 11.8 Å². The van der Waals surface area contributed by atoms with E-state index in [-0.39, 0.29) is 17.9 Å². The highest BCUT2D eigenvalue weighted by atomic mass is 32.2. The van der Waals surface area contributed by atoms with Gasteiger partial charge in [-0.3, -0.25) is 23.7 Å². The van der Waals surface area contributed by atoms with Crippen molar-refractivity contribution < 1.29 is 18.5 Å². The topological polar surface area (TPSA) is 107 Å². The van der Waals surface area contributed by atoms with Crippen molar-refractivity contribution in [1.82, 2.24) is 25.3 Å². The maximum Gasteiger partial charge on any atom is 0.233 e. The molecule has 1 aromatic rings. The Hall–Kier alpha value is -2.76. The van der Waals surface area contributed by atoms with Crippen LogP contribution in [0.2, 0.25) is 0 Å². The molecule has 40 heavy (non-hydrogen) atoms. The van der Waals surface area contributed by atoms with E-state index in [0.29, 0.717) is 83.2 Å². The molecule has 5 aliphatic heterocycles. The number of amides is 2. The monoisotopic (exact) mass is 568 g/mol. The Morgan fingerprint density at radius 2 is 1.80 bits per heavy atom. The number of ether oxygens (including phenoxy) is 1. The van der Waals surface area contributed by atoms with Crippen LogP contribution < -0.4 is 10.6 Å². The summed E-state index contributed by atoms with van der Waals surface area (Å²) in [4.78, 5) is 38.0. The quantitative estimate of drug-likeness (QED) is 0.561. The minimum atomic E-state index is -1.11. The third kappa shape index (κ3) is 4.96. The molecule has 0 saturated carbocycles. The number of carbonyl (C=O) groups excluding carboxylic acids is 2. The number of likely N-dealkylation sites (N-methyl/N-ethyl adjacent to an activating group) is 1. The van der Waals surface area contributed by atoms with Gasteiger partial charge < -0.3 is 25.2 Å². The van der Waals surface area contributed by atoms with Gasteiger partial charge in [-0.1, -0.05) is 30.3 Å². The van der Waals surface area contributed by atoms with Crippen LogP contribution in [-0.4, -0.2) is 107 Å². The van der Waals surface area contributed by atoms with Crippen LogP contribution in [0.5, 0.6) is 0 Å². The van der Waals surface area contributed by atoms with E-state index in [1.54, 1.807) is 4.90 Å². The summed E-state index contributed by atoms with van der Waals surface area (Å²) in [6, 6.07) is 10.2. The Kier molecular flexibility index (Phi) is 7.47. The fourth-order valence-electron chi connectivity index (χ4n) is 6.85. The summed E-state index contributed by atoms with van der Waals surface area (Å²) in [5.74, 6) is 0.983. The summed E-state index contributed by atoms with van der Waals surface area (Å²) in [5, 5.41) is 7.31. The minimum Gasteiger partial charge on any atom is -0.378 e. The zero-order valence-electron chi connectivity index (χ0n) is 23.5. The highest BCUT2D eigenvalue weighted by Gasteiger charge is 2.50. The fraction of sp³-hybridized carbons (Fsp3) is 0.621. The molecule has 216 valence electrons. The predicted molar refractivity (Wildman–Crippen MR) is 154 cm³/mol. The van der Waals surface area contributed by atoms with Crippen molar-refractivity contribution in [2.24, 2.45) is 4.99 Å². The van der Waals surface area contributed by atoms with Crippen molar-refractivity contribution in [3.63, 3.8) is 0 Å². The zero-order valence-corrected chi connectivity index (χ0v) is 24.3. The Labute approximate surface area is 238 Å². The summed E-state index contributed by atoms with van der Waals surface area (Å²) < 4.78 is 18.5. The molecule has 0 bridgehead atoms. The number of amidine groups is 1. The first-order chi connectivity index (χ1) is 19.3. The van der Waals surface area contributed by atoms with Crippen LogP contribution in [0.25, 0.3) is 0 Å². The average molecular weight is 569 g/mol. The molecular formula is C29H40N6O4S. The number of aliphatic imine (C=N–C) groups is 1. The van der Waals surface area contributed by atoms with E-state index < -0.39 is 22.0 Å². The lowest BCUT2D eigenvalue weighted by Gasteiger charge is -2.51. The van der Waals surface area contributed by atoms with E-state index in [1.165, 1.54) is 0 Å². The SMILES string of the molecule is CN1C[C@@H](N=C2NC(C)(N3CCC(C(=O)N4CCOCC4)(c4ccccc4)CC3)NC3=C2S(=O)CC3)CCC1=O. The molecule has 5 heterocycles. The Morgan fingerprint density at radius 1 is 1.07 bits per heavy atom. The number of hydrogen-bond donors (Lipinski definition) is 2. The van der Waals surface area contributed by atoms with E-state index >= 15 is 0 Å². The molecule has 0 aliphatic carbocycles. The lowest BCUT2D eigenvalue weighted by atomic mass is 9.71. The number of carbonyl (C=O) groups is 2. The van der Waals surface area contributed by atoms with Crippen molar-refractivity contribution in [2.75, 3.05) is 58.7 Å². The second kappa shape index (κ2) is 10.9. The van der Waals surface area contributed by atoms with E-state index in [0.717, 1.165) is 22.6 Å². The van der Waals surface area contributed by atoms with Crippen molar-refractivity contribution in [1.29, 1.82) is 0 Å². The van der Waals surface area contributed by atoms with Crippen LogP contribution >= 0.6 is 0 Å². The highest BCUT2D eigenvalue weighted by Crippen LogP contribution is 2.40. The first-order valence-corrected chi connectivity index (χ1v) is 15.8. The van der Waals surface area contributed by atoms with Gasteiger partial charge in [0.25, 0.3) is 0 Å². The lowest BCUT2D eigenvalue weighted by molar-refractivity contribution is -0.144. The van der Waals surface area contributed by atoms with Crippen LogP contribution in [0, 0.1) is 0 Å².